The molecule has 4 rings (SSSR count). The molecule has 1 aromatic carbocycles. The Morgan fingerprint density at radius 1 is 1.32 bits per heavy atom. The average Bonchev–Trinajstić information content (AvgIpc) is 2.79. The molecule has 1 atom stereocenters. The van der Waals surface area contributed by atoms with E-state index in [2.05, 4.69) is 15.6 Å². The Kier molecular flexibility index (Phi) is 6.89. The zero-order chi connectivity index (χ0) is 21.8. The molecule has 9 heteroatoms. The summed E-state index contributed by atoms with van der Waals surface area (Å²) in [5, 5.41) is 16.0. The molecule has 2 amide bonds. The van der Waals surface area contributed by atoms with Crippen LogP contribution < -0.4 is 10.6 Å². The summed E-state index contributed by atoms with van der Waals surface area (Å²) in [7, 11) is 0. The van der Waals surface area contributed by atoms with Gasteiger partial charge >= 0.3 is 6.03 Å². The Labute approximate surface area is 185 Å². The van der Waals surface area contributed by atoms with Crippen LogP contribution in [-0.2, 0) is 17.7 Å². The molecule has 3 N–H and O–H groups in total. The minimum atomic E-state index is -0.719. The maximum atomic E-state index is 13.8. The largest absolute Gasteiger partial charge is 0.394 e. The summed E-state index contributed by atoms with van der Waals surface area (Å²) in [6.45, 7) is 2.14. The van der Waals surface area contributed by atoms with E-state index in [0.29, 0.717) is 31.1 Å². The normalized spacial score (nSPS) is 17.7. The molecule has 1 saturated heterocycles. The number of carbonyl (C=O) groups excluding carboxylic acids is 1. The number of amides is 2. The molecule has 0 bridgehead atoms. The van der Waals surface area contributed by atoms with E-state index < -0.39 is 11.9 Å². The average molecular weight is 449 g/mol. The highest BCUT2D eigenvalue weighted by atomic mass is 35.5. The van der Waals surface area contributed by atoms with Crippen LogP contribution in [0.5, 0.6) is 0 Å². The molecular formula is C22H26ClFN4O3. The number of urea groups is 1. The number of fused-ring (bicyclic) bond motifs is 1. The number of aliphatic hydroxyl groups excluding tert-OH is 1. The summed E-state index contributed by atoms with van der Waals surface area (Å²) in [5.41, 5.74) is 2.63. The first kappa shape index (κ1) is 21.8. The van der Waals surface area contributed by atoms with Gasteiger partial charge in [-0.05, 0) is 54.2 Å². The number of hydrogen-bond acceptors (Lipinski definition) is 5. The van der Waals surface area contributed by atoms with Crippen LogP contribution in [0.2, 0.25) is 5.02 Å². The van der Waals surface area contributed by atoms with Crippen molar-refractivity contribution in [3.8, 4) is 0 Å². The molecule has 0 saturated carbocycles. The van der Waals surface area contributed by atoms with E-state index in [4.69, 9.17) is 16.3 Å². The summed E-state index contributed by atoms with van der Waals surface area (Å²) in [5.74, 6) is 0.216. The fourth-order valence-corrected chi connectivity index (χ4v) is 4.06. The highest BCUT2D eigenvalue weighted by molar-refractivity contribution is 6.30. The van der Waals surface area contributed by atoms with Gasteiger partial charge < -0.3 is 25.4 Å². The van der Waals surface area contributed by atoms with Crippen LogP contribution >= 0.6 is 11.6 Å². The van der Waals surface area contributed by atoms with Gasteiger partial charge in [0.05, 0.1) is 17.7 Å². The molecule has 3 heterocycles. The minimum Gasteiger partial charge on any atom is -0.394 e. The Bertz CT molecular complexity index is 939. The molecule has 2 aromatic rings. The van der Waals surface area contributed by atoms with Crippen LogP contribution in [0.1, 0.15) is 35.6 Å². The van der Waals surface area contributed by atoms with E-state index in [1.165, 1.54) is 12.1 Å². The quantitative estimate of drug-likeness (QED) is 0.653. The van der Waals surface area contributed by atoms with Gasteiger partial charge in [-0.15, -0.1) is 0 Å². The Hall–Kier alpha value is -2.42. The second kappa shape index (κ2) is 9.80. The number of pyridine rings is 1. The third-order valence-corrected chi connectivity index (χ3v) is 6.09. The van der Waals surface area contributed by atoms with Crippen LogP contribution in [0.15, 0.2) is 30.5 Å². The molecule has 7 nitrogen and oxygen atoms in total. The highest BCUT2D eigenvalue weighted by Gasteiger charge is 2.24. The van der Waals surface area contributed by atoms with E-state index in [0.717, 1.165) is 43.0 Å². The van der Waals surface area contributed by atoms with E-state index in [9.17, 15) is 14.3 Å². The van der Waals surface area contributed by atoms with Gasteiger partial charge in [-0.25, -0.2) is 14.2 Å². The molecule has 1 aromatic heterocycles. The molecule has 0 spiro atoms. The van der Waals surface area contributed by atoms with Crippen molar-refractivity contribution in [1.82, 2.24) is 15.2 Å². The van der Waals surface area contributed by atoms with Crippen molar-refractivity contribution >= 4 is 23.4 Å². The maximum absolute atomic E-state index is 13.8. The number of hydrogen-bond donors (Lipinski definition) is 3. The van der Waals surface area contributed by atoms with Gasteiger partial charge in [-0.1, -0.05) is 17.7 Å². The van der Waals surface area contributed by atoms with E-state index in [1.807, 2.05) is 12.3 Å². The molecule has 0 aliphatic carbocycles. The Morgan fingerprint density at radius 3 is 2.87 bits per heavy atom. The number of carbonyl (C=O) groups is 1. The van der Waals surface area contributed by atoms with E-state index in [1.54, 1.807) is 11.0 Å². The summed E-state index contributed by atoms with van der Waals surface area (Å²) in [6, 6.07) is 5.56. The van der Waals surface area contributed by atoms with Gasteiger partial charge in [0.25, 0.3) is 0 Å². The second-order valence-electron chi connectivity index (χ2n) is 7.90. The summed E-state index contributed by atoms with van der Waals surface area (Å²) >= 11 is 5.73. The number of benzene rings is 1. The van der Waals surface area contributed by atoms with Gasteiger partial charge in [-0.3, -0.25) is 0 Å². The molecule has 166 valence electrons. The molecule has 31 heavy (non-hydrogen) atoms. The molecular weight excluding hydrogens is 423 g/mol. The lowest BCUT2D eigenvalue weighted by Gasteiger charge is -2.31. The van der Waals surface area contributed by atoms with Gasteiger partial charge in [0, 0.05) is 38.5 Å². The molecule has 0 unspecified atom stereocenters. The lowest BCUT2D eigenvalue weighted by atomic mass is 10.0. The van der Waals surface area contributed by atoms with Crippen molar-refractivity contribution in [2.45, 2.75) is 37.9 Å². The number of aromatic nitrogens is 1. The summed E-state index contributed by atoms with van der Waals surface area (Å²) in [4.78, 5) is 19.1. The number of ether oxygens (including phenoxy) is 1. The molecule has 0 radical (unpaired) electrons. The van der Waals surface area contributed by atoms with Gasteiger partial charge in [-0.2, -0.15) is 0 Å². The van der Waals surface area contributed by atoms with Crippen LogP contribution in [0.4, 0.5) is 15.0 Å². The first-order chi connectivity index (χ1) is 15.0. The second-order valence-corrected chi connectivity index (χ2v) is 8.31. The topological polar surface area (TPSA) is 86.7 Å². The van der Waals surface area contributed by atoms with Crippen LogP contribution in [-0.4, -0.2) is 53.4 Å². The third-order valence-electron chi connectivity index (χ3n) is 5.78. The zero-order valence-corrected chi connectivity index (χ0v) is 17.9. The van der Waals surface area contributed by atoms with Crippen LogP contribution in [0, 0.1) is 5.82 Å². The van der Waals surface area contributed by atoms with Gasteiger partial charge in [0.1, 0.15) is 11.6 Å². The standard InChI is InChI=1S/C22H26ClFN4O3/c23-18-2-1-14(9-19(18)24)20(13-29)27-22(30)28-6-3-15-11-25-21(10-16(15)12-28)26-17-4-7-31-8-5-17/h1-2,9-11,17,20,29H,3-8,12-13H2,(H,25,26)(H,27,30)/t20-/m1/s1. The fourth-order valence-electron chi connectivity index (χ4n) is 3.94. The maximum Gasteiger partial charge on any atom is 0.318 e. The molecule has 2 aliphatic rings. The monoisotopic (exact) mass is 448 g/mol. The van der Waals surface area contributed by atoms with Crippen molar-refractivity contribution < 1.29 is 19.0 Å². The predicted octanol–water partition coefficient (Wildman–Crippen LogP) is 3.27. The predicted molar refractivity (Wildman–Crippen MR) is 116 cm³/mol. The van der Waals surface area contributed by atoms with E-state index in [-0.39, 0.29) is 17.7 Å². The van der Waals surface area contributed by atoms with E-state index >= 15 is 0 Å². The lowest BCUT2D eigenvalue weighted by Crippen LogP contribution is -2.44. The number of nitrogens with one attached hydrogen (secondary N) is 2. The fraction of sp³-hybridized carbons (Fsp3) is 0.455. The van der Waals surface area contributed by atoms with Crippen molar-refractivity contribution in [3.05, 3.63) is 58.0 Å². The minimum absolute atomic E-state index is 0.00169. The van der Waals surface area contributed by atoms with Crippen LogP contribution in [0.3, 0.4) is 0 Å². The Balaban J connectivity index is 1.41. The first-order valence-corrected chi connectivity index (χ1v) is 10.8. The highest BCUT2D eigenvalue weighted by Crippen LogP contribution is 2.24. The Morgan fingerprint density at radius 2 is 2.13 bits per heavy atom. The first-order valence-electron chi connectivity index (χ1n) is 10.5. The number of aliphatic hydroxyl groups is 1. The number of rotatable bonds is 5. The number of nitrogens with zero attached hydrogens (tertiary/aromatic N) is 2. The zero-order valence-electron chi connectivity index (χ0n) is 17.1. The number of anilines is 1. The molecule has 2 aliphatic heterocycles. The van der Waals surface area contributed by atoms with Crippen molar-refractivity contribution in [1.29, 1.82) is 0 Å². The molecule has 1 fully saturated rings. The third kappa shape index (κ3) is 5.26. The lowest BCUT2D eigenvalue weighted by molar-refractivity contribution is 0.0904. The summed E-state index contributed by atoms with van der Waals surface area (Å²) in [6.07, 6.45) is 4.47. The van der Waals surface area contributed by atoms with Crippen LogP contribution in [0.25, 0.3) is 0 Å². The smallest absolute Gasteiger partial charge is 0.318 e. The van der Waals surface area contributed by atoms with Gasteiger partial charge in [0.2, 0.25) is 0 Å². The van der Waals surface area contributed by atoms with Crippen molar-refractivity contribution in [2.75, 3.05) is 31.7 Å². The van der Waals surface area contributed by atoms with Crippen molar-refractivity contribution in [3.63, 3.8) is 0 Å². The SMILES string of the molecule is O=C(N[C@H](CO)c1ccc(Cl)c(F)c1)N1CCc2cnc(NC3CCOCC3)cc2C1. The number of halogens is 2. The van der Waals surface area contributed by atoms with Crippen molar-refractivity contribution in [2.24, 2.45) is 0 Å². The summed E-state index contributed by atoms with van der Waals surface area (Å²) < 4.78 is 19.2. The van der Waals surface area contributed by atoms with Gasteiger partial charge in [0.15, 0.2) is 0 Å².